The smallest absolute Gasteiger partial charge is 0.263 e. The number of hydrogen-bond donors (Lipinski definition) is 1. The van der Waals surface area contributed by atoms with Crippen LogP contribution in [0.15, 0.2) is 54.6 Å². The van der Waals surface area contributed by atoms with Crippen molar-refractivity contribution in [2.24, 2.45) is 0 Å². The minimum atomic E-state index is -0.627. The fraction of sp³-hybridized carbons (Fsp3) is 0.391. The summed E-state index contributed by atoms with van der Waals surface area (Å²) in [6, 6.07) is 16.9. The number of hydrogen-bond acceptors (Lipinski definition) is 5. The summed E-state index contributed by atoms with van der Waals surface area (Å²) in [6.07, 6.45) is -0.110. The van der Waals surface area contributed by atoms with Crippen molar-refractivity contribution in [2.45, 2.75) is 19.4 Å². The molecule has 0 saturated carbocycles. The van der Waals surface area contributed by atoms with Crippen molar-refractivity contribution in [1.82, 2.24) is 4.90 Å². The first-order valence-corrected chi connectivity index (χ1v) is 10.3. The molecular weight excluding hydrogens is 382 g/mol. The molecule has 2 amide bonds. The van der Waals surface area contributed by atoms with E-state index in [0.29, 0.717) is 17.9 Å². The molecule has 7 heteroatoms. The quantitative estimate of drug-likeness (QED) is 0.723. The summed E-state index contributed by atoms with van der Waals surface area (Å²) in [5.41, 5.74) is 1.80. The summed E-state index contributed by atoms with van der Waals surface area (Å²) in [5, 5.41) is 2.85. The third-order valence-electron chi connectivity index (χ3n) is 4.95. The topological polar surface area (TPSA) is 71.1 Å². The first-order valence-electron chi connectivity index (χ1n) is 10.3. The largest absolute Gasteiger partial charge is 0.481 e. The number of morpholine rings is 1. The van der Waals surface area contributed by atoms with Crippen LogP contribution in [0, 0.1) is 0 Å². The van der Waals surface area contributed by atoms with E-state index in [1.54, 1.807) is 7.05 Å². The maximum Gasteiger partial charge on any atom is 0.263 e. The molecule has 1 atom stereocenters. The number of nitrogens with zero attached hydrogens (tertiary/aromatic N) is 2. The zero-order chi connectivity index (χ0) is 21.3. The van der Waals surface area contributed by atoms with Crippen LogP contribution >= 0.6 is 0 Å². The van der Waals surface area contributed by atoms with Crippen LogP contribution in [0.3, 0.4) is 0 Å². The van der Waals surface area contributed by atoms with Gasteiger partial charge in [0.1, 0.15) is 5.75 Å². The van der Waals surface area contributed by atoms with Crippen LogP contribution in [0.5, 0.6) is 5.75 Å². The monoisotopic (exact) mass is 411 g/mol. The van der Waals surface area contributed by atoms with E-state index in [2.05, 4.69) is 10.2 Å². The summed E-state index contributed by atoms with van der Waals surface area (Å²) in [7, 11) is 1.61. The average molecular weight is 412 g/mol. The lowest BCUT2D eigenvalue weighted by molar-refractivity contribution is -0.139. The van der Waals surface area contributed by atoms with Gasteiger partial charge in [0.15, 0.2) is 6.10 Å². The molecule has 160 valence electrons. The van der Waals surface area contributed by atoms with Gasteiger partial charge in [0.05, 0.1) is 19.8 Å². The zero-order valence-electron chi connectivity index (χ0n) is 17.5. The molecule has 0 bridgehead atoms. The number of anilines is 2. The number of benzene rings is 2. The van der Waals surface area contributed by atoms with Gasteiger partial charge in [-0.2, -0.15) is 0 Å². The van der Waals surface area contributed by atoms with Crippen molar-refractivity contribution in [2.75, 3.05) is 50.1 Å². The standard InChI is InChI=1S/C23H29N3O4/c1-3-21(30-20-7-5-4-6-8-20)23(28)25(2)17-22(27)24-18-9-11-19(12-10-18)26-13-15-29-16-14-26/h4-12,21H,3,13-17H2,1-2H3,(H,24,27)/t21-/m1/s1. The molecule has 1 heterocycles. The highest BCUT2D eigenvalue weighted by atomic mass is 16.5. The second-order valence-corrected chi connectivity index (χ2v) is 7.22. The van der Waals surface area contributed by atoms with Gasteiger partial charge >= 0.3 is 0 Å². The molecule has 0 aliphatic carbocycles. The third kappa shape index (κ3) is 5.97. The van der Waals surface area contributed by atoms with Gasteiger partial charge in [-0.15, -0.1) is 0 Å². The molecule has 1 aliphatic heterocycles. The van der Waals surface area contributed by atoms with Crippen LogP contribution in [0.4, 0.5) is 11.4 Å². The highest BCUT2D eigenvalue weighted by Gasteiger charge is 2.23. The summed E-state index contributed by atoms with van der Waals surface area (Å²) in [4.78, 5) is 28.7. The number of carbonyl (C=O) groups is 2. The molecule has 0 spiro atoms. The molecule has 7 nitrogen and oxygen atoms in total. The Hall–Kier alpha value is -3.06. The lowest BCUT2D eigenvalue weighted by atomic mass is 10.2. The summed E-state index contributed by atoms with van der Waals surface area (Å²) < 4.78 is 11.2. The number of ether oxygens (including phenoxy) is 2. The first-order chi connectivity index (χ1) is 14.6. The van der Waals surface area contributed by atoms with Gasteiger partial charge in [0, 0.05) is 31.5 Å². The highest BCUT2D eigenvalue weighted by molar-refractivity contribution is 5.95. The normalized spacial score (nSPS) is 14.7. The molecule has 2 aromatic rings. The minimum Gasteiger partial charge on any atom is -0.481 e. The van der Waals surface area contributed by atoms with E-state index in [1.165, 1.54) is 4.90 Å². The van der Waals surface area contributed by atoms with Crippen LogP contribution < -0.4 is 15.0 Å². The van der Waals surface area contributed by atoms with Gasteiger partial charge in [0.2, 0.25) is 5.91 Å². The summed E-state index contributed by atoms with van der Waals surface area (Å²) in [5.74, 6) is 0.162. The van der Waals surface area contributed by atoms with Crippen LogP contribution in [-0.4, -0.2) is 62.7 Å². The van der Waals surface area contributed by atoms with E-state index in [1.807, 2.05) is 61.5 Å². The Bertz CT molecular complexity index is 820. The van der Waals surface area contributed by atoms with Gasteiger partial charge in [-0.25, -0.2) is 0 Å². The zero-order valence-corrected chi connectivity index (χ0v) is 17.5. The molecule has 1 fully saturated rings. The van der Waals surface area contributed by atoms with Crippen LogP contribution in [0.2, 0.25) is 0 Å². The molecule has 1 aliphatic rings. The van der Waals surface area contributed by atoms with Crippen molar-refractivity contribution in [3.8, 4) is 5.75 Å². The maximum atomic E-state index is 12.7. The average Bonchev–Trinajstić information content (AvgIpc) is 2.78. The van der Waals surface area contributed by atoms with Gasteiger partial charge < -0.3 is 24.6 Å². The van der Waals surface area contributed by atoms with Gasteiger partial charge in [0.25, 0.3) is 5.91 Å². The Kier molecular flexibility index (Phi) is 7.68. The summed E-state index contributed by atoms with van der Waals surface area (Å²) in [6.45, 7) is 5.02. The maximum absolute atomic E-state index is 12.7. The van der Waals surface area contributed by atoms with Crippen molar-refractivity contribution in [3.63, 3.8) is 0 Å². The summed E-state index contributed by atoms with van der Waals surface area (Å²) >= 11 is 0. The van der Waals surface area contributed by atoms with Crippen molar-refractivity contribution in [3.05, 3.63) is 54.6 Å². The lowest BCUT2D eigenvalue weighted by Gasteiger charge is -2.29. The molecule has 2 aromatic carbocycles. The molecule has 0 radical (unpaired) electrons. The number of rotatable bonds is 8. The van der Waals surface area contributed by atoms with Gasteiger partial charge in [-0.3, -0.25) is 9.59 Å². The van der Waals surface area contributed by atoms with E-state index in [4.69, 9.17) is 9.47 Å². The number of nitrogens with one attached hydrogen (secondary N) is 1. The molecule has 30 heavy (non-hydrogen) atoms. The van der Waals surface area contributed by atoms with E-state index < -0.39 is 6.10 Å². The second-order valence-electron chi connectivity index (χ2n) is 7.22. The van der Waals surface area contributed by atoms with Crippen LogP contribution in [0.1, 0.15) is 13.3 Å². The van der Waals surface area contributed by atoms with E-state index >= 15 is 0 Å². The predicted molar refractivity (Wildman–Crippen MR) is 117 cm³/mol. The number of likely N-dealkylation sites (N-methyl/N-ethyl adjacent to an activating group) is 1. The van der Waals surface area contributed by atoms with Crippen LogP contribution in [-0.2, 0) is 14.3 Å². The molecule has 1 N–H and O–H groups in total. The molecule has 3 rings (SSSR count). The van der Waals surface area contributed by atoms with Crippen molar-refractivity contribution < 1.29 is 19.1 Å². The van der Waals surface area contributed by atoms with Crippen LogP contribution in [0.25, 0.3) is 0 Å². The SMILES string of the molecule is CC[C@@H](Oc1ccccc1)C(=O)N(C)CC(=O)Nc1ccc(N2CCOCC2)cc1. The van der Waals surface area contributed by atoms with Crippen molar-refractivity contribution >= 4 is 23.2 Å². The second kappa shape index (κ2) is 10.6. The predicted octanol–water partition coefficient (Wildman–Crippen LogP) is 2.78. The van der Waals surface area contributed by atoms with E-state index in [9.17, 15) is 9.59 Å². The Labute approximate surface area is 177 Å². The number of carbonyl (C=O) groups excluding carboxylic acids is 2. The minimum absolute atomic E-state index is 0.0430. The number of para-hydroxylation sites is 1. The lowest BCUT2D eigenvalue weighted by Crippen LogP contribution is -2.43. The van der Waals surface area contributed by atoms with Gasteiger partial charge in [-0.1, -0.05) is 25.1 Å². The Morgan fingerprint density at radius 3 is 2.40 bits per heavy atom. The van der Waals surface area contributed by atoms with Crippen molar-refractivity contribution in [1.29, 1.82) is 0 Å². The fourth-order valence-corrected chi connectivity index (χ4v) is 3.29. The Morgan fingerprint density at radius 1 is 1.10 bits per heavy atom. The molecular formula is C23H29N3O4. The number of amides is 2. The Balaban J connectivity index is 1.51. The first kappa shape index (κ1) is 21.6. The molecule has 1 saturated heterocycles. The molecule has 0 unspecified atom stereocenters. The fourth-order valence-electron chi connectivity index (χ4n) is 3.29. The Morgan fingerprint density at radius 2 is 1.77 bits per heavy atom. The van der Waals surface area contributed by atoms with E-state index in [-0.39, 0.29) is 18.4 Å². The highest BCUT2D eigenvalue weighted by Crippen LogP contribution is 2.19. The third-order valence-corrected chi connectivity index (χ3v) is 4.95. The molecule has 0 aromatic heterocycles. The van der Waals surface area contributed by atoms with E-state index in [0.717, 1.165) is 32.0 Å². The van der Waals surface area contributed by atoms with Gasteiger partial charge in [-0.05, 0) is 42.8 Å².